The van der Waals surface area contributed by atoms with Crippen molar-refractivity contribution in [1.29, 1.82) is 0 Å². The van der Waals surface area contributed by atoms with Crippen molar-refractivity contribution in [2.75, 3.05) is 6.61 Å². The molecule has 0 fully saturated rings. The molecular formula is C5H8N2O. The molecule has 0 saturated carbocycles. The Morgan fingerprint density at radius 2 is 2.38 bits per heavy atom. The second kappa shape index (κ2) is 4.21. The van der Waals surface area contributed by atoms with Gasteiger partial charge in [0.2, 0.25) is 0 Å². The highest BCUT2D eigenvalue weighted by Gasteiger charge is 1.84. The zero-order chi connectivity index (χ0) is 6.41. The fourth-order valence-electron chi connectivity index (χ4n) is 0.228. The quantitative estimate of drug-likeness (QED) is 0.412. The summed E-state index contributed by atoms with van der Waals surface area (Å²) in [5.74, 6) is 0. The van der Waals surface area contributed by atoms with Crippen LogP contribution >= 0.6 is 0 Å². The van der Waals surface area contributed by atoms with Gasteiger partial charge in [0.1, 0.15) is 0 Å². The van der Waals surface area contributed by atoms with Gasteiger partial charge >= 0.3 is 0 Å². The van der Waals surface area contributed by atoms with Gasteiger partial charge in [-0.2, -0.15) is 10.2 Å². The van der Waals surface area contributed by atoms with Gasteiger partial charge < -0.3 is 5.11 Å². The Morgan fingerprint density at radius 1 is 1.75 bits per heavy atom. The molecule has 0 heterocycles. The standard InChI is InChI=1S/C5H8N2O/c1-3-5(4-8)7-6-2/h3,8H,1-2,4H2/b7-5-. The maximum atomic E-state index is 8.37. The number of aliphatic hydroxyl groups excluding tert-OH is 1. The third-order valence-corrected chi connectivity index (χ3v) is 0.597. The molecule has 0 aromatic heterocycles. The van der Waals surface area contributed by atoms with Crippen LogP contribution in [-0.2, 0) is 0 Å². The van der Waals surface area contributed by atoms with E-state index in [1.807, 2.05) is 0 Å². The van der Waals surface area contributed by atoms with Gasteiger partial charge in [-0.05, 0) is 6.08 Å². The SMILES string of the molecule is C=C/C(CO)=N/N=C. The van der Waals surface area contributed by atoms with Gasteiger partial charge in [-0.25, -0.2) is 0 Å². The zero-order valence-electron chi connectivity index (χ0n) is 4.54. The highest BCUT2D eigenvalue weighted by molar-refractivity contribution is 5.95. The summed E-state index contributed by atoms with van der Waals surface area (Å²) in [6.07, 6.45) is 1.43. The molecule has 0 bridgehead atoms. The van der Waals surface area contributed by atoms with Crippen molar-refractivity contribution in [2.45, 2.75) is 0 Å². The average molecular weight is 112 g/mol. The lowest BCUT2D eigenvalue weighted by molar-refractivity contribution is 0.358. The van der Waals surface area contributed by atoms with Gasteiger partial charge in [0.15, 0.2) is 0 Å². The molecule has 0 amide bonds. The monoisotopic (exact) mass is 112 g/mol. The fourth-order valence-corrected chi connectivity index (χ4v) is 0.228. The summed E-state index contributed by atoms with van der Waals surface area (Å²) in [6, 6.07) is 0. The molecular weight excluding hydrogens is 104 g/mol. The smallest absolute Gasteiger partial charge is 0.0878 e. The van der Waals surface area contributed by atoms with Crippen LogP contribution in [0.15, 0.2) is 22.9 Å². The van der Waals surface area contributed by atoms with Crippen LogP contribution in [0.4, 0.5) is 0 Å². The van der Waals surface area contributed by atoms with E-state index in [-0.39, 0.29) is 6.61 Å². The Hall–Kier alpha value is -0.960. The Labute approximate surface area is 48.1 Å². The number of hydrogen-bond acceptors (Lipinski definition) is 3. The van der Waals surface area contributed by atoms with E-state index in [1.165, 1.54) is 6.08 Å². The van der Waals surface area contributed by atoms with Crippen molar-refractivity contribution in [3.05, 3.63) is 12.7 Å². The Bertz CT molecular complexity index is 118. The lowest BCUT2D eigenvalue weighted by Gasteiger charge is -1.86. The molecule has 0 aromatic rings. The summed E-state index contributed by atoms with van der Waals surface area (Å²) in [5.41, 5.74) is 0.431. The van der Waals surface area contributed by atoms with E-state index >= 15 is 0 Å². The maximum absolute atomic E-state index is 8.37. The normalized spacial score (nSPS) is 10.9. The van der Waals surface area contributed by atoms with Crippen LogP contribution in [-0.4, -0.2) is 24.1 Å². The summed E-state index contributed by atoms with van der Waals surface area (Å²) in [7, 11) is 0. The summed E-state index contributed by atoms with van der Waals surface area (Å²) in [4.78, 5) is 0. The third-order valence-electron chi connectivity index (χ3n) is 0.597. The first kappa shape index (κ1) is 7.04. The van der Waals surface area contributed by atoms with E-state index in [9.17, 15) is 0 Å². The molecule has 3 nitrogen and oxygen atoms in total. The molecule has 0 aliphatic rings. The molecule has 0 saturated heterocycles. The molecule has 0 radical (unpaired) electrons. The fraction of sp³-hybridized carbons (Fsp3) is 0.200. The predicted molar refractivity (Wildman–Crippen MR) is 34.3 cm³/mol. The summed E-state index contributed by atoms with van der Waals surface area (Å²) < 4.78 is 0. The van der Waals surface area contributed by atoms with Crippen molar-refractivity contribution >= 4 is 12.4 Å². The second-order valence-electron chi connectivity index (χ2n) is 1.09. The van der Waals surface area contributed by atoms with E-state index in [1.54, 1.807) is 0 Å². The van der Waals surface area contributed by atoms with Crippen LogP contribution in [0.25, 0.3) is 0 Å². The van der Waals surface area contributed by atoms with Gasteiger partial charge in [0.05, 0.1) is 12.3 Å². The lowest BCUT2D eigenvalue weighted by Crippen LogP contribution is -1.97. The molecule has 0 rings (SSSR count). The summed E-state index contributed by atoms with van der Waals surface area (Å²) in [6.45, 7) is 6.34. The van der Waals surface area contributed by atoms with Crippen LogP contribution in [0, 0.1) is 0 Å². The van der Waals surface area contributed by atoms with E-state index in [2.05, 4.69) is 23.5 Å². The molecule has 0 aliphatic carbocycles. The second-order valence-corrected chi connectivity index (χ2v) is 1.09. The average Bonchev–Trinajstić information content (AvgIpc) is 1.83. The molecule has 0 spiro atoms. The predicted octanol–water partition coefficient (Wildman–Crippen LogP) is 0.221. The third kappa shape index (κ3) is 2.25. The largest absolute Gasteiger partial charge is 0.390 e. The molecule has 3 heteroatoms. The van der Waals surface area contributed by atoms with Crippen LogP contribution in [0.3, 0.4) is 0 Å². The molecule has 0 unspecified atom stereocenters. The van der Waals surface area contributed by atoms with Crippen LogP contribution in [0.2, 0.25) is 0 Å². The van der Waals surface area contributed by atoms with Crippen LogP contribution in [0.5, 0.6) is 0 Å². The summed E-state index contributed by atoms with van der Waals surface area (Å²) in [5, 5.41) is 15.0. The first-order valence-corrected chi connectivity index (χ1v) is 2.11. The minimum absolute atomic E-state index is 0.136. The van der Waals surface area contributed by atoms with Crippen LogP contribution in [0.1, 0.15) is 0 Å². The lowest BCUT2D eigenvalue weighted by atomic mass is 10.4. The van der Waals surface area contributed by atoms with E-state index in [0.29, 0.717) is 5.71 Å². The molecule has 44 valence electrons. The topological polar surface area (TPSA) is 45.0 Å². The molecule has 0 aromatic carbocycles. The molecule has 0 aliphatic heterocycles. The molecule has 8 heavy (non-hydrogen) atoms. The van der Waals surface area contributed by atoms with Gasteiger partial charge in [0, 0.05) is 6.72 Å². The maximum Gasteiger partial charge on any atom is 0.0878 e. The van der Waals surface area contributed by atoms with Crippen molar-refractivity contribution in [3.8, 4) is 0 Å². The minimum atomic E-state index is -0.136. The zero-order valence-corrected chi connectivity index (χ0v) is 4.54. The van der Waals surface area contributed by atoms with E-state index in [0.717, 1.165) is 0 Å². The van der Waals surface area contributed by atoms with Gasteiger partial charge in [0.25, 0.3) is 0 Å². The number of hydrogen-bond donors (Lipinski definition) is 1. The van der Waals surface area contributed by atoms with Crippen molar-refractivity contribution < 1.29 is 5.11 Å². The minimum Gasteiger partial charge on any atom is -0.390 e. The summed E-state index contributed by atoms with van der Waals surface area (Å²) >= 11 is 0. The van der Waals surface area contributed by atoms with Gasteiger partial charge in [-0.1, -0.05) is 6.58 Å². The highest BCUT2D eigenvalue weighted by atomic mass is 16.3. The molecule has 1 N–H and O–H groups in total. The van der Waals surface area contributed by atoms with Gasteiger partial charge in [-0.15, -0.1) is 0 Å². The highest BCUT2D eigenvalue weighted by Crippen LogP contribution is 1.77. The Morgan fingerprint density at radius 3 is 2.50 bits per heavy atom. The number of rotatable bonds is 3. The van der Waals surface area contributed by atoms with Crippen molar-refractivity contribution in [3.63, 3.8) is 0 Å². The Kier molecular flexibility index (Phi) is 3.70. The van der Waals surface area contributed by atoms with Gasteiger partial charge in [-0.3, -0.25) is 0 Å². The first-order chi connectivity index (χ1) is 3.85. The Balaban J connectivity index is 3.84. The van der Waals surface area contributed by atoms with Crippen LogP contribution < -0.4 is 0 Å². The molecule has 0 atom stereocenters. The van der Waals surface area contributed by atoms with Crippen molar-refractivity contribution in [1.82, 2.24) is 0 Å². The van der Waals surface area contributed by atoms with E-state index in [4.69, 9.17) is 5.11 Å². The number of aliphatic hydroxyl groups is 1. The number of nitrogens with zero attached hydrogens (tertiary/aromatic N) is 2. The van der Waals surface area contributed by atoms with E-state index < -0.39 is 0 Å². The first-order valence-electron chi connectivity index (χ1n) is 2.11. The van der Waals surface area contributed by atoms with Crippen molar-refractivity contribution in [2.24, 2.45) is 10.2 Å².